The van der Waals surface area contributed by atoms with Gasteiger partial charge in [0.1, 0.15) is 0 Å². The Hall–Kier alpha value is 0.0590. The molecule has 0 aliphatic carbocycles. The molecule has 0 radical (unpaired) electrons. The quantitative estimate of drug-likeness (QED) is 0.668. The van der Waals surface area contributed by atoms with Crippen molar-refractivity contribution in [2.75, 3.05) is 0 Å². The minimum absolute atomic E-state index is 0.346. The Labute approximate surface area is 76.5 Å². The first-order valence-electron chi connectivity index (χ1n) is 2.85. The number of hydrogen-bond donors (Lipinski definition) is 1. The van der Waals surface area contributed by atoms with Gasteiger partial charge in [0.2, 0.25) is 0 Å². The standard InChI is InChI=1S/C7H8OSe2/c8-6-1-5(4-9)2-7(10)3-6/h1-3,8-10H,4H2. The molecule has 1 nitrogen and oxygen atoms in total. The molecular formula is C7H8OSe2. The van der Waals surface area contributed by atoms with E-state index in [0.29, 0.717) is 5.75 Å². The molecule has 3 heteroatoms. The average Bonchev–Trinajstić information content (AvgIpc) is 1.85. The van der Waals surface area contributed by atoms with Gasteiger partial charge < -0.3 is 0 Å². The van der Waals surface area contributed by atoms with Crippen LogP contribution < -0.4 is 4.46 Å². The number of benzene rings is 1. The van der Waals surface area contributed by atoms with Crippen LogP contribution in [0.15, 0.2) is 18.2 Å². The van der Waals surface area contributed by atoms with Gasteiger partial charge in [0.15, 0.2) is 0 Å². The molecule has 0 unspecified atom stereocenters. The van der Waals surface area contributed by atoms with Gasteiger partial charge in [-0.25, -0.2) is 0 Å². The van der Waals surface area contributed by atoms with E-state index in [-0.39, 0.29) is 0 Å². The molecule has 0 aliphatic heterocycles. The molecular weight excluding hydrogens is 258 g/mol. The Morgan fingerprint density at radius 2 is 2.00 bits per heavy atom. The molecule has 10 heavy (non-hydrogen) atoms. The topological polar surface area (TPSA) is 20.2 Å². The number of hydrogen-bond acceptors (Lipinski definition) is 1. The monoisotopic (exact) mass is 268 g/mol. The summed E-state index contributed by atoms with van der Waals surface area (Å²) in [6, 6.07) is 5.54. The molecule has 0 saturated carbocycles. The molecule has 0 aromatic heterocycles. The van der Waals surface area contributed by atoms with Crippen molar-refractivity contribution >= 4 is 36.5 Å². The van der Waals surface area contributed by atoms with Crippen LogP contribution in [0.2, 0.25) is 0 Å². The molecule has 0 saturated heterocycles. The van der Waals surface area contributed by atoms with Crippen LogP contribution in [0.25, 0.3) is 0 Å². The van der Waals surface area contributed by atoms with Crippen LogP contribution in [0, 0.1) is 0 Å². The Kier molecular flexibility index (Phi) is 2.81. The number of phenols is 1. The molecule has 1 rings (SSSR count). The van der Waals surface area contributed by atoms with Crippen molar-refractivity contribution in [3.63, 3.8) is 0 Å². The van der Waals surface area contributed by atoms with E-state index in [2.05, 4.69) is 32.0 Å². The first-order chi connectivity index (χ1) is 4.72. The number of phenolic OH excluding ortho intramolecular Hbond substituents is 1. The van der Waals surface area contributed by atoms with E-state index in [4.69, 9.17) is 5.11 Å². The average molecular weight is 266 g/mol. The molecule has 0 atom stereocenters. The van der Waals surface area contributed by atoms with Crippen LogP contribution >= 0.6 is 0 Å². The number of aromatic hydroxyl groups is 1. The summed E-state index contributed by atoms with van der Waals surface area (Å²) in [6.45, 7) is 0. The first-order valence-corrected chi connectivity index (χ1v) is 5.11. The van der Waals surface area contributed by atoms with Crippen LogP contribution in [0.3, 0.4) is 0 Å². The van der Waals surface area contributed by atoms with Crippen molar-refractivity contribution < 1.29 is 5.11 Å². The second-order valence-corrected chi connectivity index (χ2v) is 3.76. The second-order valence-electron chi connectivity index (χ2n) is 2.02. The summed E-state index contributed by atoms with van der Waals surface area (Å²) in [5.41, 5.74) is 1.15. The molecule has 0 heterocycles. The van der Waals surface area contributed by atoms with Crippen LogP contribution in [0.4, 0.5) is 0 Å². The van der Waals surface area contributed by atoms with Gasteiger partial charge in [0.25, 0.3) is 0 Å². The maximum absolute atomic E-state index is 9.11. The van der Waals surface area contributed by atoms with Crippen molar-refractivity contribution in [1.82, 2.24) is 0 Å². The van der Waals surface area contributed by atoms with Crippen molar-refractivity contribution in [2.45, 2.75) is 5.32 Å². The van der Waals surface area contributed by atoms with Crippen molar-refractivity contribution in [3.8, 4) is 5.75 Å². The van der Waals surface area contributed by atoms with E-state index >= 15 is 0 Å². The van der Waals surface area contributed by atoms with E-state index in [9.17, 15) is 0 Å². The third-order valence-corrected chi connectivity index (χ3v) is 2.45. The minimum atomic E-state index is 0.346. The summed E-state index contributed by atoms with van der Waals surface area (Å²) in [7, 11) is 0. The molecule has 1 aromatic carbocycles. The van der Waals surface area contributed by atoms with Gasteiger partial charge in [-0.05, 0) is 0 Å². The summed E-state index contributed by atoms with van der Waals surface area (Å²) in [6.07, 6.45) is 0. The van der Waals surface area contributed by atoms with Gasteiger partial charge in [0.05, 0.1) is 0 Å². The molecule has 0 amide bonds. The Balaban J connectivity index is 3.06. The van der Waals surface area contributed by atoms with Gasteiger partial charge >= 0.3 is 76.4 Å². The fraction of sp³-hybridized carbons (Fsp3) is 0.143. The van der Waals surface area contributed by atoms with Crippen LogP contribution in [-0.2, 0) is 5.32 Å². The first kappa shape index (κ1) is 8.16. The molecule has 0 spiro atoms. The van der Waals surface area contributed by atoms with Crippen LogP contribution in [0.1, 0.15) is 5.56 Å². The zero-order valence-electron chi connectivity index (χ0n) is 5.28. The van der Waals surface area contributed by atoms with Gasteiger partial charge in [-0.2, -0.15) is 0 Å². The molecule has 0 aliphatic rings. The Morgan fingerprint density at radius 1 is 1.30 bits per heavy atom. The molecule has 0 fully saturated rings. The second kappa shape index (κ2) is 3.45. The maximum atomic E-state index is 9.11. The third kappa shape index (κ3) is 2.03. The molecule has 54 valence electrons. The fourth-order valence-corrected chi connectivity index (χ4v) is 1.76. The molecule has 1 aromatic rings. The zero-order valence-corrected chi connectivity index (χ0v) is 9.03. The van der Waals surface area contributed by atoms with Gasteiger partial charge in [0, 0.05) is 0 Å². The van der Waals surface area contributed by atoms with Gasteiger partial charge in [-0.1, -0.05) is 0 Å². The Bertz CT molecular complexity index is 215. The van der Waals surface area contributed by atoms with Crippen molar-refractivity contribution in [2.24, 2.45) is 0 Å². The summed E-state index contributed by atoms with van der Waals surface area (Å²) < 4.78 is 1.05. The normalized spacial score (nSPS) is 9.80. The van der Waals surface area contributed by atoms with E-state index < -0.39 is 0 Å². The summed E-state index contributed by atoms with van der Waals surface area (Å²) in [5, 5.41) is 10.0. The zero-order chi connectivity index (χ0) is 7.56. The number of rotatable bonds is 1. The third-order valence-electron chi connectivity index (χ3n) is 1.14. The van der Waals surface area contributed by atoms with Crippen LogP contribution in [-0.4, -0.2) is 37.1 Å². The predicted molar refractivity (Wildman–Crippen MR) is 45.7 cm³/mol. The van der Waals surface area contributed by atoms with Crippen molar-refractivity contribution in [1.29, 1.82) is 0 Å². The molecule has 0 bridgehead atoms. The van der Waals surface area contributed by atoms with Gasteiger partial charge in [-0.3, -0.25) is 0 Å². The predicted octanol–water partition coefficient (Wildman–Crippen LogP) is -0.681. The van der Waals surface area contributed by atoms with Gasteiger partial charge in [-0.15, -0.1) is 0 Å². The Morgan fingerprint density at radius 3 is 2.50 bits per heavy atom. The van der Waals surface area contributed by atoms with E-state index in [0.717, 1.165) is 15.3 Å². The van der Waals surface area contributed by atoms with Crippen LogP contribution in [0.5, 0.6) is 5.75 Å². The summed E-state index contributed by atoms with van der Waals surface area (Å²) in [5.74, 6) is 0.346. The van der Waals surface area contributed by atoms with E-state index in [1.54, 1.807) is 12.1 Å². The van der Waals surface area contributed by atoms with E-state index in [1.165, 1.54) is 0 Å². The summed E-state index contributed by atoms with van der Waals surface area (Å²) in [4.78, 5) is 0. The van der Waals surface area contributed by atoms with E-state index in [1.807, 2.05) is 6.07 Å². The summed E-state index contributed by atoms with van der Waals surface area (Å²) >= 11 is 4.90. The molecule has 1 N–H and O–H groups in total. The SMILES string of the molecule is Oc1cc([SeH])cc(C[SeH])c1. The fourth-order valence-electron chi connectivity index (χ4n) is 0.748. The van der Waals surface area contributed by atoms with Crippen molar-refractivity contribution in [3.05, 3.63) is 23.8 Å².